The normalized spacial score (nSPS) is 11.8. The van der Waals surface area contributed by atoms with E-state index in [1.165, 1.54) is 12.4 Å². The van der Waals surface area contributed by atoms with E-state index in [-0.39, 0.29) is 5.91 Å². The summed E-state index contributed by atoms with van der Waals surface area (Å²) in [5.41, 5.74) is 1.52. The Morgan fingerprint density at radius 3 is 2.33 bits per heavy atom. The van der Waals surface area contributed by atoms with Gasteiger partial charge in [0.1, 0.15) is 0 Å². The van der Waals surface area contributed by atoms with Crippen molar-refractivity contribution < 1.29 is 9.00 Å². The Morgan fingerprint density at radius 1 is 1.11 bits per heavy atom. The van der Waals surface area contributed by atoms with Crippen LogP contribution in [0.4, 0.5) is 0 Å². The predicted octanol–water partition coefficient (Wildman–Crippen LogP) is 1.84. The van der Waals surface area contributed by atoms with Gasteiger partial charge in [-0.15, -0.1) is 0 Å². The maximum absolute atomic E-state index is 11.9. The van der Waals surface area contributed by atoms with Gasteiger partial charge in [-0.1, -0.05) is 17.7 Å². The molecule has 1 N–H and O–H groups in total. The number of carbonyl (C=O) groups excluding carboxylic acids is 1. The number of amides is 1. The highest BCUT2D eigenvalue weighted by atomic mass is 32.2. The van der Waals surface area contributed by atoms with Gasteiger partial charge in [0.2, 0.25) is 0 Å². The van der Waals surface area contributed by atoms with Crippen molar-refractivity contribution in [3.8, 4) is 0 Å². The second-order valence-corrected chi connectivity index (χ2v) is 4.96. The summed E-state index contributed by atoms with van der Waals surface area (Å²) in [5, 5.41) is 0. The van der Waals surface area contributed by atoms with Crippen LogP contribution in [-0.2, 0) is 11.0 Å². The summed E-state index contributed by atoms with van der Waals surface area (Å²) in [6.45, 7) is 1.95. The standard InChI is InChI=1S/C13H12N2O2S/c1-10-2-4-12(5-3-10)18(17)15-13(16)11-6-8-14-9-7-11/h2-9H,1H3,(H,15,16). The van der Waals surface area contributed by atoms with E-state index in [9.17, 15) is 9.00 Å². The third kappa shape index (κ3) is 3.01. The molecule has 1 atom stereocenters. The number of hydrogen-bond donors (Lipinski definition) is 1. The molecule has 2 rings (SSSR count). The molecule has 0 radical (unpaired) electrons. The summed E-state index contributed by atoms with van der Waals surface area (Å²) < 4.78 is 14.3. The zero-order valence-electron chi connectivity index (χ0n) is 9.79. The van der Waals surface area contributed by atoms with E-state index >= 15 is 0 Å². The SMILES string of the molecule is Cc1ccc(S(=O)NC(=O)c2ccncc2)cc1. The summed E-state index contributed by atoms with van der Waals surface area (Å²) in [6, 6.07) is 10.3. The van der Waals surface area contributed by atoms with E-state index in [2.05, 4.69) is 9.71 Å². The number of hydrogen-bond acceptors (Lipinski definition) is 3. The Balaban J connectivity index is 2.08. The van der Waals surface area contributed by atoms with Crippen molar-refractivity contribution in [3.63, 3.8) is 0 Å². The van der Waals surface area contributed by atoms with Crippen molar-refractivity contribution in [2.45, 2.75) is 11.8 Å². The van der Waals surface area contributed by atoms with Gasteiger partial charge >= 0.3 is 0 Å². The zero-order valence-corrected chi connectivity index (χ0v) is 10.6. The Bertz CT molecular complexity index is 567. The van der Waals surface area contributed by atoms with E-state index in [1.54, 1.807) is 24.3 Å². The molecule has 0 spiro atoms. The highest BCUT2D eigenvalue weighted by Gasteiger charge is 2.10. The minimum absolute atomic E-state index is 0.378. The molecule has 0 fully saturated rings. The van der Waals surface area contributed by atoms with Crippen molar-refractivity contribution in [1.82, 2.24) is 9.71 Å². The van der Waals surface area contributed by atoms with Crippen LogP contribution < -0.4 is 4.72 Å². The summed E-state index contributed by atoms with van der Waals surface area (Å²) in [6.07, 6.45) is 3.04. The summed E-state index contributed by atoms with van der Waals surface area (Å²) in [7, 11) is -1.54. The zero-order chi connectivity index (χ0) is 13.0. The van der Waals surface area contributed by atoms with Crippen LogP contribution in [0.1, 0.15) is 15.9 Å². The highest BCUT2D eigenvalue weighted by molar-refractivity contribution is 7.83. The van der Waals surface area contributed by atoms with Gasteiger partial charge in [0, 0.05) is 18.0 Å². The van der Waals surface area contributed by atoms with E-state index in [4.69, 9.17) is 0 Å². The van der Waals surface area contributed by atoms with Crippen molar-refractivity contribution >= 4 is 16.9 Å². The Labute approximate surface area is 108 Å². The lowest BCUT2D eigenvalue weighted by molar-refractivity contribution is 0.0983. The number of pyridine rings is 1. The predicted molar refractivity (Wildman–Crippen MR) is 69.3 cm³/mol. The first kappa shape index (κ1) is 12.4. The second-order valence-electron chi connectivity index (χ2n) is 3.75. The van der Waals surface area contributed by atoms with Gasteiger partial charge < -0.3 is 0 Å². The topological polar surface area (TPSA) is 59.1 Å². The van der Waals surface area contributed by atoms with Crippen molar-refractivity contribution in [3.05, 3.63) is 59.9 Å². The molecular formula is C13H12N2O2S. The number of benzene rings is 1. The van der Waals surface area contributed by atoms with Crippen molar-refractivity contribution in [2.75, 3.05) is 0 Å². The molecule has 1 aromatic carbocycles. The molecule has 1 heterocycles. The minimum Gasteiger partial charge on any atom is -0.268 e. The molecule has 92 valence electrons. The maximum atomic E-state index is 11.9. The molecule has 1 aromatic heterocycles. The van der Waals surface area contributed by atoms with E-state index < -0.39 is 11.0 Å². The number of aryl methyl sites for hydroxylation is 1. The fraction of sp³-hybridized carbons (Fsp3) is 0.0769. The fourth-order valence-corrected chi connectivity index (χ4v) is 2.15. The molecule has 0 aliphatic heterocycles. The van der Waals surface area contributed by atoms with Crippen LogP contribution in [0.2, 0.25) is 0 Å². The van der Waals surface area contributed by atoms with Crippen LogP contribution in [0.15, 0.2) is 53.7 Å². The lowest BCUT2D eigenvalue weighted by Crippen LogP contribution is -2.25. The first-order valence-corrected chi connectivity index (χ1v) is 6.51. The fourth-order valence-electron chi connectivity index (χ4n) is 1.37. The second kappa shape index (κ2) is 5.55. The summed E-state index contributed by atoms with van der Waals surface area (Å²) >= 11 is 0. The van der Waals surface area contributed by atoms with Crippen LogP contribution in [0.3, 0.4) is 0 Å². The van der Waals surface area contributed by atoms with Crippen LogP contribution in [-0.4, -0.2) is 15.1 Å². The molecule has 0 aliphatic rings. The Hall–Kier alpha value is -2.01. The van der Waals surface area contributed by atoms with Crippen LogP contribution in [0.25, 0.3) is 0 Å². The minimum atomic E-state index is -1.54. The van der Waals surface area contributed by atoms with Crippen molar-refractivity contribution in [1.29, 1.82) is 0 Å². The highest BCUT2D eigenvalue weighted by Crippen LogP contribution is 2.07. The number of nitrogens with zero attached hydrogens (tertiary/aromatic N) is 1. The maximum Gasteiger partial charge on any atom is 0.263 e. The number of rotatable bonds is 3. The van der Waals surface area contributed by atoms with E-state index in [0.29, 0.717) is 10.5 Å². The first-order valence-electron chi connectivity index (χ1n) is 5.36. The quantitative estimate of drug-likeness (QED) is 0.916. The van der Waals surface area contributed by atoms with E-state index in [1.807, 2.05) is 19.1 Å². The molecule has 18 heavy (non-hydrogen) atoms. The number of aromatic nitrogens is 1. The summed E-state index contributed by atoms with van der Waals surface area (Å²) in [4.78, 5) is 16.2. The molecular weight excluding hydrogens is 248 g/mol. The Morgan fingerprint density at radius 2 is 1.72 bits per heavy atom. The Kier molecular flexibility index (Phi) is 3.84. The van der Waals surface area contributed by atoms with E-state index in [0.717, 1.165) is 5.56 Å². The van der Waals surface area contributed by atoms with Crippen molar-refractivity contribution in [2.24, 2.45) is 0 Å². The van der Waals surface area contributed by atoms with Gasteiger partial charge in [-0.05, 0) is 31.2 Å². The number of nitrogens with one attached hydrogen (secondary N) is 1. The molecule has 4 nitrogen and oxygen atoms in total. The third-order valence-corrected chi connectivity index (χ3v) is 3.43. The lowest BCUT2D eigenvalue weighted by atomic mass is 10.2. The summed E-state index contributed by atoms with van der Waals surface area (Å²) in [5.74, 6) is -0.378. The average molecular weight is 260 g/mol. The van der Waals surface area contributed by atoms with Crippen LogP contribution >= 0.6 is 0 Å². The molecule has 2 aromatic rings. The third-order valence-electron chi connectivity index (χ3n) is 2.36. The van der Waals surface area contributed by atoms with Gasteiger partial charge in [0.15, 0.2) is 11.0 Å². The monoisotopic (exact) mass is 260 g/mol. The van der Waals surface area contributed by atoms with Gasteiger partial charge in [-0.25, -0.2) is 4.21 Å². The molecule has 1 unspecified atom stereocenters. The molecule has 0 aliphatic carbocycles. The van der Waals surface area contributed by atoms with Gasteiger partial charge in [-0.2, -0.15) is 0 Å². The van der Waals surface area contributed by atoms with Crippen LogP contribution in [0, 0.1) is 6.92 Å². The molecule has 5 heteroatoms. The molecule has 0 bridgehead atoms. The largest absolute Gasteiger partial charge is 0.268 e. The first-order chi connectivity index (χ1) is 8.66. The van der Waals surface area contributed by atoms with Gasteiger partial charge in [-0.3, -0.25) is 14.5 Å². The number of carbonyl (C=O) groups is 1. The molecule has 0 saturated heterocycles. The lowest BCUT2D eigenvalue weighted by Gasteiger charge is -2.05. The smallest absolute Gasteiger partial charge is 0.263 e. The van der Waals surface area contributed by atoms with Gasteiger partial charge in [0.05, 0.1) is 4.90 Å². The molecule has 1 amide bonds. The average Bonchev–Trinajstić information content (AvgIpc) is 2.40. The molecule has 0 saturated carbocycles. The van der Waals surface area contributed by atoms with Gasteiger partial charge in [0.25, 0.3) is 5.91 Å². The van der Waals surface area contributed by atoms with Crippen LogP contribution in [0.5, 0.6) is 0 Å².